The van der Waals surface area contributed by atoms with Crippen LogP contribution in [-0.2, 0) is 11.0 Å². The molecule has 0 aliphatic heterocycles. The molecule has 12 heteroatoms. The third-order valence-electron chi connectivity index (χ3n) is 3.65. The molecule has 0 bridgehead atoms. The van der Waals surface area contributed by atoms with E-state index in [1.54, 1.807) is 0 Å². The second-order valence-corrected chi connectivity index (χ2v) is 6.42. The van der Waals surface area contributed by atoms with E-state index in [-0.39, 0.29) is 34.1 Å². The first-order valence-electron chi connectivity index (χ1n) is 8.22. The summed E-state index contributed by atoms with van der Waals surface area (Å²) in [7, 11) is 0. The van der Waals surface area contributed by atoms with Crippen molar-refractivity contribution in [1.82, 2.24) is 5.43 Å². The first kappa shape index (κ1) is 22.8. The van der Waals surface area contributed by atoms with E-state index in [4.69, 9.17) is 11.6 Å². The van der Waals surface area contributed by atoms with E-state index in [2.05, 4.69) is 15.8 Å². The van der Waals surface area contributed by atoms with E-state index in [0.717, 1.165) is 36.4 Å². The van der Waals surface area contributed by atoms with Gasteiger partial charge >= 0.3 is 6.18 Å². The van der Waals surface area contributed by atoms with Crippen molar-refractivity contribution in [2.45, 2.75) is 19.5 Å². The first-order valence-corrected chi connectivity index (χ1v) is 8.59. The van der Waals surface area contributed by atoms with Crippen molar-refractivity contribution in [3.8, 4) is 0 Å². The van der Waals surface area contributed by atoms with Gasteiger partial charge in [0.15, 0.2) is 0 Å². The number of hydrogen-bond donors (Lipinski definition) is 2. The second kappa shape index (κ2) is 9.35. The van der Waals surface area contributed by atoms with Crippen LogP contribution in [0, 0.1) is 10.1 Å². The van der Waals surface area contributed by atoms with E-state index in [1.807, 2.05) is 0 Å². The minimum atomic E-state index is -4.54. The molecule has 2 aromatic rings. The second-order valence-electron chi connectivity index (χ2n) is 6.01. The van der Waals surface area contributed by atoms with Crippen LogP contribution in [0.5, 0.6) is 0 Å². The summed E-state index contributed by atoms with van der Waals surface area (Å²) in [5.74, 6) is -1.40. The lowest BCUT2D eigenvalue weighted by atomic mass is 10.2. The van der Waals surface area contributed by atoms with Gasteiger partial charge in [-0.15, -0.1) is 0 Å². The van der Waals surface area contributed by atoms with Crippen molar-refractivity contribution in [3.05, 3.63) is 68.7 Å². The van der Waals surface area contributed by atoms with Gasteiger partial charge in [0, 0.05) is 23.5 Å². The third kappa shape index (κ3) is 6.27. The number of non-ortho nitro benzene ring substituents is 1. The molecule has 0 aliphatic rings. The molecule has 2 N–H and O–H groups in total. The molecular formula is C18H14ClF3N4O4. The van der Waals surface area contributed by atoms with Crippen molar-refractivity contribution in [3.63, 3.8) is 0 Å². The van der Waals surface area contributed by atoms with Crippen LogP contribution in [0.15, 0.2) is 47.6 Å². The predicted octanol–water partition coefficient (Wildman–Crippen LogP) is 4.40. The molecule has 30 heavy (non-hydrogen) atoms. The van der Waals surface area contributed by atoms with Gasteiger partial charge in [-0.25, -0.2) is 5.43 Å². The van der Waals surface area contributed by atoms with Crippen molar-refractivity contribution in [2.24, 2.45) is 5.10 Å². The Kier molecular flexibility index (Phi) is 7.11. The highest BCUT2D eigenvalue weighted by Crippen LogP contribution is 2.30. The fourth-order valence-electron chi connectivity index (χ4n) is 2.26. The average Bonchev–Trinajstić information content (AvgIpc) is 2.65. The van der Waals surface area contributed by atoms with E-state index >= 15 is 0 Å². The number of nitro benzene ring substituents is 1. The number of nitrogens with one attached hydrogen (secondary N) is 2. The van der Waals surface area contributed by atoms with Gasteiger partial charge in [-0.1, -0.05) is 17.7 Å². The highest BCUT2D eigenvalue weighted by Gasteiger charge is 2.30. The van der Waals surface area contributed by atoms with Gasteiger partial charge in [-0.3, -0.25) is 19.7 Å². The van der Waals surface area contributed by atoms with Crippen molar-refractivity contribution < 1.29 is 27.7 Å². The Morgan fingerprint density at radius 3 is 2.50 bits per heavy atom. The largest absolute Gasteiger partial charge is 0.416 e. The summed E-state index contributed by atoms with van der Waals surface area (Å²) >= 11 is 5.85. The van der Waals surface area contributed by atoms with Crippen LogP contribution in [-0.4, -0.2) is 22.4 Å². The number of halogens is 4. The zero-order valence-electron chi connectivity index (χ0n) is 15.3. The van der Waals surface area contributed by atoms with Crippen LogP contribution in [0.25, 0.3) is 0 Å². The molecule has 158 valence electrons. The molecule has 0 unspecified atom stereocenters. The van der Waals surface area contributed by atoms with Crippen molar-refractivity contribution in [2.75, 3.05) is 5.32 Å². The fourth-order valence-corrected chi connectivity index (χ4v) is 2.52. The van der Waals surface area contributed by atoms with E-state index in [9.17, 15) is 32.9 Å². The van der Waals surface area contributed by atoms with Gasteiger partial charge in [0.1, 0.15) is 0 Å². The van der Waals surface area contributed by atoms with Gasteiger partial charge in [-0.2, -0.15) is 18.3 Å². The minimum Gasteiger partial charge on any atom is -0.326 e. The zero-order chi connectivity index (χ0) is 22.5. The van der Waals surface area contributed by atoms with Gasteiger partial charge in [0.2, 0.25) is 5.91 Å². The molecule has 0 fully saturated rings. The summed E-state index contributed by atoms with van der Waals surface area (Å²) in [6.45, 7) is 1.42. The Labute approximate surface area is 172 Å². The number of alkyl halides is 3. The van der Waals surface area contributed by atoms with Crippen molar-refractivity contribution in [1.29, 1.82) is 0 Å². The molecule has 0 radical (unpaired) electrons. The summed E-state index contributed by atoms with van der Waals surface area (Å²) < 4.78 is 38.1. The molecular weight excluding hydrogens is 429 g/mol. The summed E-state index contributed by atoms with van der Waals surface area (Å²) in [6.07, 6.45) is -4.84. The standard InChI is InChI=1S/C18H14ClF3N4O4/c1-10(7-16(27)23-12-4-2-3-11(8-12)18(20,21)22)24-25-17(28)14-6-5-13(26(29)30)9-15(14)19/h2-6,8-9H,7H2,1H3,(H,23,27)(H,25,28)/b24-10+. The Morgan fingerprint density at radius 2 is 1.90 bits per heavy atom. The molecule has 0 atom stereocenters. The Bertz CT molecular complexity index is 1020. The number of amides is 2. The zero-order valence-corrected chi connectivity index (χ0v) is 16.0. The number of hydrazone groups is 1. The van der Waals surface area contributed by atoms with Crippen LogP contribution in [0.3, 0.4) is 0 Å². The molecule has 8 nitrogen and oxygen atoms in total. The average molecular weight is 443 g/mol. The fraction of sp³-hybridized carbons (Fsp3) is 0.167. The van der Waals surface area contributed by atoms with E-state index < -0.39 is 28.5 Å². The van der Waals surface area contributed by atoms with Gasteiger partial charge < -0.3 is 5.32 Å². The number of nitro groups is 1. The number of anilines is 1. The number of carbonyl (C=O) groups is 2. The first-order chi connectivity index (χ1) is 14.0. The quantitative estimate of drug-likeness (QED) is 0.392. The topological polar surface area (TPSA) is 114 Å². The maximum Gasteiger partial charge on any atom is 0.416 e. The van der Waals surface area contributed by atoms with E-state index in [1.165, 1.54) is 13.0 Å². The number of hydrogen-bond acceptors (Lipinski definition) is 5. The molecule has 0 spiro atoms. The molecule has 0 heterocycles. The Balaban J connectivity index is 1.97. The summed E-state index contributed by atoms with van der Waals surface area (Å²) in [6, 6.07) is 7.39. The molecule has 0 aromatic heterocycles. The highest BCUT2D eigenvalue weighted by atomic mass is 35.5. The lowest BCUT2D eigenvalue weighted by Gasteiger charge is -2.10. The number of benzene rings is 2. The normalized spacial score (nSPS) is 11.7. The van der Waals surface area contributed by atoms with Gasteiger partial charge in [0.25, 0.3) is 11.6 Å². The molecule has 2 rings (SSSR count). The maximum atomic E-state index is 12.7. The lowest BCUT2D eigenvalue weighted by molar-refractivity contribution is -0.384. The number of rotatable bonds is 6. The molecule has 2 aromatic carbocycles. The molecule has 0 saturated carbocycles. The highest BCUT2D eigenvalue weighted by molar-refractivity contribution is 6.34. The van der Waals surface area contributed by atoms with Crippen molar-refractivity contribution >= 4 is 40.5 Å². The minimum absolute atomic E-state index is 0.0377. The molecule has 2 amide bonds. The van der Waals surface area contributed by atoms with Crippen LogP contribution >= 0.6 is 11.6 Å². The van der Waals surface area contributed by atoms with Crippen LogP contribution < -0.4 is 10.7 Å². The Hall–Kier alpha value is -3.47. The Morgan fingerprint density at radius 1 is 1.20 bits per heavy atom. The van der Waals surface area contributed by atoms with Gasteiger partial charge in [-0.05, 0) is 31.2 Å². The van der Waals surface area contributed by atoms with E-state index in [0.29, 0.717) is 0 Å². The summed E-state index contributed by atoms with van der Waals surface area (Å²) in [4.78, 5) is 34.1. The lowest BCUT2D eigenvalue weighted by Crippen LogP contribution is -2.22. The number of carbonyl (C=O) groups excluding carboxylic acids is 2. The van der Waals surface area contributed by atoms with Gasteiger partial charge in [0.05, 0.1) is 27.5 Å². The summed E-state index contributed by atoms with van der Waals surface area (Å²) in [5.41, 5.74) is 1.02. The van der Waals surface area contributed by atoms with Crippen LogP contribution in [0.4, 0.5) is 24.5 Å². The van der Waals surface area contributed by atoms with Crippen LogP contribution in [0.1, 0.15) is 29.3 Å². The SMILES string of the molecule is C/C(CC(=O)Nc1cccc(C(F)(F)F)c1)=N\NC(=O)c1ccc([N+](=O)[O-])cc1Cl. The maximum absolute atomic E-state index is 12.7. The third-order valence-corrected chi connectivity index (χ3v) is 3.96. The summed E-state index contributed by atoms with van der Waals surface area (Å²) in [5, 5.41) is 16.6. The predicted molar refractivity (Wildman–Crippen MR) is 103 cm³/mol. The monoisotopic (exact) mass is 442 g/mol. The smallest absolute Gasteiger partial charge is 0.326 e. The molecule has 0 aliphatic carbocycles. The number of nitrogens with zero attached hydrogens (tertiary/aromatic N) is 2. The molecule has 0 saturated heterocycles. The van der Waals surface area contributed by atoms with Crippen LogP contribution in [0.2, 0.25) is 5.02 Å².